The Morgan fingerprint density at radius 1 is 1.21 bits per heavy atom. The largest absolute Gasteiger partial charge is 0.347 e. The number of halogens is 1. The van der Waals surface area contributed by atoms with Crippen molar-refractivity contribution in [1.82, 2.24) is 25.3 Å². The van der Waals surface area contributed by atoms with Gasteiger partial charge < -0.3 is 15.5 Å². The summed E-state index contributed by atoms with van der Waals surface area (Å²) in [5.41, 5.74) is 2.04. The number of nitrogens with one attached hydrogen (secondary N) is 2. The summed E-state index contributed by atoms with van der Waals surface area (Å²) in [6.07, 6.45) is 4.08. The highest BCUT2D eigenvalue weighted by atomic mass is 35.5. The molecule has 0 saturated carbocycles. The van der Waals surface area contributed by atoms with Crippen LogP contribution in [0.3, 0.4) is 0 Å². The third-order valence-corrected chi connectivity index (χ3v) is 5.19. The molecule has 1 atom stereocenters. The first-order valence-electron chi connectivity index (χ1n) is 10.0. The summed E-state index contributed by atoms with van der Waals surface area (Å²) in [5, 5.41) is 10.7. The molecule has 1 saturated heterocycles. The lowest BCUT2D eigenvalue weighted by Crippen LogP contribution is -2.32. The molecular formula is C21H30ClN5O2. The van der Waals surface area contributed by atoms with E-state index in [1.165, 1.54) is 0 Å². The predicted molar refractivity (Wildman–Crippen MR) is 115 cm³/mol. The molecule has 0 bridgehead atoms. The van der Waals surface area contributed by atoms with Gasteiger partial charge in [0.25, 0.3) is 11.8 Å². The smallest absolute Gasteiger partial charge is 0.272 e. The van der Waals surface area contributed by atoms with Crippen LogP contribution in [0.4, 0.5) is 0 Å². The zero-order valence-corrected chi connectivity index (χ0v) is 17.9. The minimum atomic E-state index is -0.189. The highest BCUT2D eigenvalue weighted by Gasteiger charge is 2.18. The van der Waals surface area contributed by atoms with E-state index in [4.69, 9.17) is 0 Å². The van der Waals surface area contributed by atoms with Crippen LogP contribution < -0.4 is 10.6 Å². The van der Waals surface area contributed by atoms with Gasteiger partial charge >= 0.3 is 0 Å². The second kappa shape index (κ2) is 11.0. The van der Waals surface area contributed by atoms with E-state index in [1.807, 2.05) is 49.0 Å². The van der Waals surface area contributed by atoms with Crippen molar-refractivity contribution in [2.45, 2.75) is 39.3 Å². The number of hydrogen-bond donors (Lipinski definition) is 2. The first-order chi connectivity index (χ1) is 13.6. The predicted octanol–water partition coefficient (Wildman–Crippen LogP) is 2.64. The lowest BCUT2D eigenvalue weighted by Gasteiger charge is -2.22. The molecule has 1 aromatic carbocycles. The molecule has 8 heteroatoms. The van der Waals surface area contributed by atoms with E-state index in [9.17, 15) is 9.59 Å². The lowest BCUT2D eigenvalue weighted by molar-refractivity contribution is 0.0772. The first-order valence-corrected chi connectivity index (χ1v) is 10.0. The van der Waals surface area contributed by atoms with Gasteiger partial charge in [-0.25, -0.2) is 0 Å². The molecule has 1 fully saturated rings. The summed E-state index contributed by atoms with van der Waals surface area (Å²) in [5.74, 6) is -0.158. The zero-order valence-electron chi connectivity index (χ0n) is 17.1. The molecule has 1 unspecified atom stereocenters. The normalized spacial score (nSPS) is 16.0. The second-order valence-corrected chi connectivity index (χ2v) is 7.04. The standard InChI is InChI=1S/C21H29N5O2.ClH/c1-3-25(4-2)21(28)17-9-7-16(8-10-17)14-23-20(27)19-11-13-26(24-19)18-6-5-12-22-15-18;/h7-11,13,18,22H,3-6,12,14-15H2,1-2H3,(H,23,27);1H. The van der Waals surface area contributed by atoms with Crippen LogP contribution in [0.5, 0.6) is 0 Å². The molecule has 1 aromatic heterocycles. The van der Waals surface area contributed by atoms with E-state index < -0.39 is 0 Å². The molecule has 29 heavy (non-hydrogen) atoms. The van der Waals surface area contributed by atoms with Gasteiger partial charge in [-0.15, -0.1) is 12.4 Å². The van der Waals surface area contributed by atoms with Crippen molar-refractivity contribution in [3.05, 3.63) is 53.3 Å². The third-order valence-electron chi connectivity index (χ3n) is 5.19. The average molecular weight is 420 g/mol. The number of hydrogen-bond acceptors (Lipinski definition) is 4. The van der Waals surface area contributed by atoms with Crippen molar-refractivity contribution < 1.29 is 9.59 Å². The Hall–Kier alpha value is -2.38. The van der Waals surface area contributed by atoms with Crippen LogP contribution in [0.25, 0.3) is 0 Å². The van der Waals surface area contributed by atoms with Crippen molar-refractivity contribution >= 4 is 24.2 Å². The van der Waals surface area contributed by atoms with Crippen molar-refractivity contribution in [3.8, 4) is 0 Å². The van der Waals surface area contributed by atoms with Gasteiger partial charge in [0.2, 0.25) is 0 Å². The Bertz CT molecular complexity index is 796. The molecule has 3 rings (SSSR count). The number of piperidine rings is 1. The minimum absolute atomic E-state index is 0. The van der Waals surface area contributed by atoms with Crippen LogP contribution in [0, 0.1) is 0 Å². The summed E-state index contributed by atoms with van der Waals surface area (Å²) in [7, 11) is 0. The summed E-state index contributed by atoms with van der Waals surface area (Å²) in [6, 6.07) is 9.45. The maximum absolute atomic E-state index is 12.4. The third kappa shape index (κ3) is 5.81. The van der Waals surface area contributed by atoms with Gasteiger partial charge in [0.05, 0.1) is 6.04 Å². The Morgan fingerprint density at radius 2 is 1.93 bits per heavy atom. The number of amides is 2. The van der Waals surface area contributed by atoms with Gasteiger partial charge in [0, 0.05) is 37.9 Å². The molecule has 0 spiro atoms. The number of nitrogens with zero attached hydrogens (tertiary/aromatic N) is 3. The van der Waals surface area contributed by atoms with Gasteiger partial charge in [-0.3, -0.25) is 14.3 Å². The maximum Gasteiger partial charge on any atom is 0.272 e. The van der Waals surface area contributed by atoms with Crippen molar-refractivity contribution in [2.75, 3.05) is 26.2 Å². The molecule has 1 aliphatic rings. The van der Waals surface area contributed by atoms with E-state index in [1.54, 1.807) is 11.0 Å². The van der Waals surface area contributed by atoms with E-state index in [2.05, 4.69) is 15.7 Å². The monoisotopic (exact) mass is 419 g/mol. The van der Waals surface area contributed by atoms with Crippen molar-refractivity contribution in [2.24, 2.45) is 0 Å². The SMILES string of the molecule is CCN(CC)C(=O)c1ccc(CNC(=O)c2ccn(C3CCCNC3)n2)cc1.Cl. The molecule has 2 heterocycles. The van der Waals surface area contributed by atoms with Gasteiger partial charge in [-0.1, -0.05) is 12.1 Å². The first kappa shape index (κ1) is 22.9. The average Bonchev–Trinajstić information content (AvgIpc) is 3.24. The van der Waals surface area contributed by atoms with Crippen LogP contribution in [-0.4, -0.2) is 52.7 Å². The summed E-state index contributed by atoms with van der Waals surface area (Å²) in [6.45, 7) is 7.66. The zero-order chi connectivity index (χ0) is 19.9. The number of carbonyl (C=O) groups excluding carboxylic acids is 2. The molecule has 2 amide bonds. The fourth-order valence-electron chi connectivity index (χ4n) is 3.45. The fraction of sp³-hybridized carbons (Fsp3) is 0.476. The van der Waals surface area contributed by atoms with Crippen molar-refractivity contribution in [3.63, 3.8) is 0 Å². The number of rotatable bonds is 7. The van der Waals surface area contributed by atoms with Crippen LogP contribution in [0.2, 0.25) is 0 Å². The quantitative estimate of drug-likeness (QED) is 0.723. The highest BCUT2D eigenvalue weighted by molar-refractivity contribution is 5.94. The van der Waals surface area contributed by atoms with Crippen LogP contribution in [-0.2, 0) is 6.54 Å². The van der Waals surface area contributed by atoms with E-state index >= 15 is 0 Å². The maximum atomic E-state index is 12.4. The fourth-order valence-corrected chi connectivity index (χ4v) is 3.45. The molecular weight excluding hydrogens is 390 g/mol. The Kier molecular flexibility index (Phi) is 8.67. The molecule has 0 aliphatic carbocycles. The van der Waals surface area contributed by atoms with Crippen LogP contribution in [0.1, 0.15) is 59.1 Å². The molecule has 158 valence electrons. The van der Waals surface area contributed by atoms with Crippen LogP contribution in [0.15, 0.2) is 36.5 Å². The van der Waals surface area contributed by atoms with Crippen molar-refractivity contribution in [1.29, 1.82) is 0 Å². The van der Waals surface area contributed by atoms with Gasteiger partial charge in [-0.2, -0.15) is 5.10 Å². The second-order valence-electron chi connectivity index (χ2n) is 7.04. The number of carbonyl (C=O) groups is 2. The summed E-state index contributed by atoms with van der Waals surface area (Å²) < 4.78 is 1.88. The Labute approximate surface area is 178 Å². The number of aromatic nitrogens is 2. The molecule has 2 N–H and O–H groups in total. The number of benzene rings is 1. The van der Waals surface area contributed by atoms with Gasteiger partial charge in [0.1, 0.15) is 5.69 Å². The highest BCUT2D eigenvalue weighted by Crippen LogP contribution is 2.15. The van der Waals surface area contributed by atoms with Gasteiger partial charge in [-0.05, 0) is 57.0 Å². The topological polar surface area (TPSA) is 79.3 Å². The van der Waals surface area contributed by atoms with E-state index in [-0.39, 0.29) is 24.2 Å². The van der Waals surface area contributed by atoms with Gasteiger partial charge in [0.15, 0.2) is 0 Å². The van der Waals surface area contributed by atoms with E-state index in [0.29, 0.717) is 36.9 Å². The lowest BCUT2D eigenvalue weighted by atomic mass is 10.1. The Morgan fingerprint density at radius 3 is 2.55 bits per heavy atom. The van der Waals surface area contributed by atoms with E-state index in [0.717, 1.165) is 31.5 Å². The molecule has 7 nitrogen and oxygen atoms in total. The Balaban J connectivity index is 0.00000300. The minimum Gasteiger partial charge on any atom is -0.347 e. The molecule has 1 aliphatic heterocycles. The summed E-state index contributed by atoms with van der Waals surface area (Å²) >= 11 is 0. The van der Waals surface area contributed by atoms with Crippen LogP contribution >= 0.6 is 12.4 Å². The molecule has 0 radical (unpaired) electrons. The molecule has 2 aromatic rings. The summed E-state index contributed by atoms with van der Waals surface area (Å²) in [4.78, 5) is 26.5.